The lowest BCUT2D eigenvalue weighted by atomic mass is 9.84. The normalized spacial score (nSPS) is 37.9. The molecule has 2 amide bonds. The first-order valence-corrected chi connectivity index (χ1v) is 7.56. The molecular formula is C15H24N2O2. The number of hydrogen-bond donors (Lipinski definition) is 0. The first-order valence-electron chi connectivity index (χ1n) is 7.56. The van der Waals surface area contributed by atoms with E-state index < -0.39 is 0 Å². The van der Waals surface area contributed by atoms with E-state index in [1.165, 1.54) is 0 Å². The van der Waals surface area contributed by atoms with Crippen LogP contribution in [0.25, 0.3) is 0 Å². The number of fused-ring (bicyclic) bond motifs is 1. The SMILES string of the molecule is CC1C(=O)N2CCCC2C(=O)N1C1CCCC1(C)C. The van der Waals surface area contributed by atoms with Crippen molar-refractivity contribution in [2.24, 2.45) is 5.41 Å². The molecule has 0 aromatic rings. The molecule has 0 spiro atoms. The van der Waals surface area contributed by atoms with Crippen LogP contribution >= 0.6 is 0 Å². The summed E-state index contributed by atoms with van der Waals surface area (Å²) in [5, 5.41) is 0. The minimum absolute atomic E-state index is 0.144. The Hall–Kier alpha value is -1.06. The van der Waals surface area contributed by atoms with E-state index in [1.807, 2.05) is 16.7 Å². The first-order chi connectivity index (χ1) is 8.93. The highest BCUT2D eigenvalue weighted by atomic mass is 16.2. The van der Waals surface area contributed by atoms with Crippen molar-refractivity contribution in [2.45, 2.75) is 71.0 Å². The van der Waals surface area contributed by atoms with Crippen molar-refractivity contribution in [3.05, 3.63) is 0 Å². The Morgan fingerprint density at radius 1 is 1.11 bits per heavy atom. The Morgan fingerprint density at radius 2 is 1.84 bits per heavy atom. The molecule has 4 heteroatoms. The summed E-state index contributed by atoms with van der Waals surface area (Å²) in [6.45, 7) is 7.14. The molecule has 0 bridgehead atoms. The summed E-state index contributed by atoms with van der Waals surface area (Å²) in [5.74, 6) is 0.356. The zero-order chi connectivity index (χ0) is 13.8. The van der Waals surface area contributed by atoms with Crippen molar-refractivity contribution in [1.82, 2.24) is 9.80 Å². The number of carbonyl (C=O) groups excluding carboxylic acids is 2. The average Bonchev–Trinajstić information content (AvgIpc) is 2.94. The third kappa shape index (κ3) is 1.79. The molecule has 2 heterocycles. The molecule has 3 atom stereocenters. The predicted molar refractivity (Wildman–Crippen MR) is 72.5 cm³/mol. The van der Waals surface area contributed by atoms with Crippen LogP contribution < -0.4 is 0 Å². The molecule has 3 rings (SSSR count). The summed E-state index contributed by atoms with van der Waals surface area (Å²) in [7, 11) is 0. The number of piperazine rings is 1. The lowest BCUT2D eigenvalue weighted by Gasteiger charge is -2.47. The molecule has 1 aliphatic carbocycles. The van der Waals surface area contributed by atoms with Crippen LogP contribution in [0.15, 0.2) is 0 Å². The molecule has 0 aromatic carbocycles. The summed E-state index contributed by atoms with van der Waals surface area (Å²) >= 11 is 0. The molecule has 0 N–H and O–H groups in total. The summed E-state index contributed by atoms with van der Waals surface area (Å²) in [6, 6.07) is -0.203. The zero-order valence-electron chi connectivity index (χ0n) is 12.2. The predicted octanol–water partition coefficient (Wildman–Crippen LogP) is 1.79. The van der Waals surface area contributed by atoms with Crippen LogP contribution in [-0.2, 0) is 9.59 Å². The number of carbonyl (C=O) groups is 2. The highest BCUT2D eigenvalue weighted by Gasteiger charge is 2.51. The summed E-state index contributed by atoms with van der Waals surface area (Å²) in [5.41, 5.74) is 0.144. The monoisotopic (exact) mass is 264 g/mol. The molecule has 2 aliphatic heterocycles. The van der Waals surface area contributed by atoms with Crippen molar-refractivity contribution < 1.29 is 9.59 Å². The van der Waals surface area contributed by atoms with E-state index >= 15 is 0 Å². The highest BCUT2D eigenvalue weighted by molar-refractivity contribution is 5.97. The fraction of sp³-hybridized carbons (Fsp3) is 0.867. The molecular weight excluding hydrogens is 240 g/mol. The molecule has 3 fully saturated rings. The Kier molecular flexibility index (Phi) is 2.88. The summed E-state index contributed by atoms with van der Waals surface area (Å²) in [6.07, 6.45) is 5.17. The molecule has 0 radical (unpaired) electrons. The van der Waals surface area contributed by atoms with Gasteiger partial charge in [-0.25, -0.2) is 0 Å². The van der Waals surface area contributed by atoms with E-state index in [1.54, 1.807) is 0 Å². The highest BCUT2D eigenvalue weighted by Crippen LogP contribution is 2.43. The smallest absolute Gasteiger partial charge is 0.246 e. The summed E-state index contributed by atoms with van der Waals surface area (Å²) in [4.78, 5) is 29.0. The number of hydrogen-bond acceptors (Lipinski definition) is 2. The molecule has 1 saturated carbocycles. The maximum atomic E-state index is 12.8. The van der Waals surface area contributed by atoms with Crippen LogP contribution in [0.1, 0.15) is 52.9 Å². The average molecular weight is 264 g/mol. The van der Waals surface area contributed by atoms with Gasteiger partial charge >= 0.3 is 0 Å². The van der Waals surface area contributed by atoms with Crippen molar-refractivity contribution in [3.8, 4) is 0 Å². The standard InChI is InChI=1S/C15H24N2O2/c1-10-13(18)16-9-5-6-11(16)14(19)17(10)12-7-4-8-15(12,2)3/h10-12H,4-9H2,1-3H3. The maximum Gasteiger partial charge on any atom is 0.246 e. The molecule has 4 nitrogen and oxygen atoms in total. The Labute approximate surface area is 115 Å². The third-order valence-electron chi connectivity index (χ3n) is 5.39. The van der Waals surface area contributed by atoms with Gasteiger partial charge < -0.3 is 9.80 Å². The van der Waals surface area contributed by atoms with Gasteiger partial charge in [0.05, 0.1) is 0 Å². The molecule has 3 aliphatic rings. The van der Waals surface area contributed by atoms with Crippen molar-refractivity contribution >= 4 is 11.8 Å². The van der Waals surface area contributed by atoms with Crippen LogP contribution in [0, 0.1) is 5.41 Å². The van der Waals surface area contributed by atoms with Gasteiger partial charge in [0.25, 0.3) is 0 Å². The second-order valence-electron chi connectivity index (χ2n) is 7.01. The van der Waals surface area contributed by atoms with Gasteiger partial charge in [0, 0.05) is 12.6 Å². The van der Waals surface area contributed by atoms with E-state index in [4.69, 9.17) is 0 Å². The molecule has 3 unspecified atom stereocenters. The van der Waals surface area contributed by atoms with Crippen molar-refractivity contribution in [2.75, 3.05) is 6.54 Å². The zero-order valence-corrected chi connectivity index (χ0v) is 12.2. The van der Waals surface area contributed by atoms with E-state index in [-0.39, 0.29) is 35.4 Å². The lowest BCUT2D eigenvalue weighted by molar-refractivity contribution is -0.163. The van der Waals surface area contributed by atoms with Gasteiger partial charge in [-0.15, -0.1) is 0 Å². The molecule has 19 heavy (non-hydrogen) atoms. The first kappa shape index (κ1) is 12.9. The van der Waals surface area contributed by atoms with Gasteiger partial charge in [-0.05, 0) is 38.0 Å². The van der Waals surface area contributed by atoms with Crippen LogP contribution in [0.2, 0.25) is 0 Å². The van der Waals surface area contributed by atoms with E-state index in [0.717, 1.165) is 38.6 Å². The minimum atomic E-state index is -0.274. The Bertz CT molecular complexity index is 418. The lowest BCUT2D eigenvalue weighted by Crippen LogP contribution is -2.65. The van der Waals surface area contributed by atoms with Crippen LogP contribution in [0.5, 0.6) is 0 Å². The fourth-order valence-corrected chi connectivity index (χ4v) is 4.26. The number of amides is 2. The molecule has 2 saturated heterocycles. The number of rotatable bonds is 1. The van der Waals surface area contributed by atoms with Crippen molar-refractivity contribution in [3.63, 3.8) is 0 Å². The van der Waals surface area contributed by atoms with Crippen molar-refractivity contribution in [1.29, 1.82) is 0 Å². The van der Waals surface area contributed by atoms with E-state index in [2.05, 4.69) is 13.8 Å². The second kappa shape index (κ2) is 4.22. The molecule has 0 aromatic heterocycles. The maximum absolute atomic E-state index is 12.8. The fourth-order valence-electron chi connectivity index (χ4n) is 4.26. The van der Waals surface area contributed by atoms with E-state index in [9.17, 15) is 9.59 Å². The van der Waals surface area contributed by atoms with Gasteiger partial charge in [0.1, 0.15) is 12.1 Å². The van der Waals surface area contributed by atoms with Crippen LogP contribution in [0.3, 0.4) is 0 Å². The van der Waals surface area contributed by atoms with Gasteiger partial charge in [-0.1, -0.05) is 20.3 Å². The van der Waals surface area contributed by atoms with Gasteiger partial charge in [-0.2, -0.15) is 0 Å². The van der Waals surface area contributed by atoms with Gasteiger partial charge in [0.2, 0.25) is 11.8 Å². The topological polar surface area (TPSA) is 40.6 Å². The Morgan fingerprint density at radius 3 is 2.47 bits per heavy atom. The van der Waals surface area contributed by atoms with Gasteiger partial charge in [-0.3, -0.25) is 9.59 Å². The third-order valence-corrected chi connectivity index (χ3v) is 5.39. The van der Waals surface area contributed by atoms with Crippen LogP contribution in [0.4, 0.5) is 0 Å². The minimum Gasteiger partial charge on any atom is -0.329 e. The van der Waals surface area contributed by atoms with Crippen LogP contribution in [-0.4, -0.2) is 46.3 Å². The van der Waals surface area contributed by atoms with E-state index in [0.29, 0.717) is 0 Å². The number of nitrogens with zero attached hydrogens (tertiary/aromatic N) is 2. The summed E-state index contributed by atoms with van der Waals surface area (Å²) < 4.78 is 0. The van der Waals surface area contributed by atoms with Gasteiger partial charge in [0.15, 0.2) is 0 Å². The Balaban J connectivity index is 1.92. The quantitative estimate of drug-likeness (QED) is 0.724. The molecule has 106 valence electrons. The second-order valence-corrected chi connectivity index (χ2v) is 7.01. The largest absolute Gasteiger partial charge is 0.329 e.